The highest BCUT2D eigenvalue weighted by molar-refractivity contribution is 7.99. The van der Waals surface area contributed by atoms with Crippen molar-refractivity contribution in [3.05, 3.63) is 59.7 Å². The fraction of sp³-hybridized carbons (Fsp3) is 0.348. The van der Waals surface area contributed by atoms with Crippen molar-refractivity contribution in [2.45, 2.75) is 31.0 Å². The number of aryl methyl sites for hydroxylation is 1. The van der Waals surface area contributed by atoms with Crippen LogP contribution in [0, 0.1) is 0 Å². The lowest BCUT2D eigenvalue weighted by Crippen LogP contribution is -2.30. The molecule has 1 atom stereocenters. The van der Waals surface area contributed by atoms with Crippen LogP contribution < -0.4 is 10.1 Å². The van der Waals surface area contributed by atoms with E-state index in [0.717, 1.165) is 30.7 Å². The normalized spacial score (nSPS) is 15.5. The Morgan fingerprint density at radius 2 is 1.91 bits per heavy atom. The van der Waals surface area contributed by atoms with Gasteiger partial charge in [-0.25, -0.2) is 4.68 Å². The van der Waals surface area contributed by atoms with E-state index in [0.29, 0.717) is 23.0 Å². The number of likely N-dealkylation sites (tertiary alicyclic amines) is 1. The monoisotopic (exact) mass is 466 g/mol. The van der Waals surface area contributed by atoms with E-state index < -0.39 is 0 Å². The number of nitrogens with zero attached hydrogens (tertiary/aromatic N) is 5. The third kappa shape index (κ3) is 5.51. The van der Waals surface area contributed by atoms with Crippen LogP contribution in [0.1, 0.15) is 41.7 Å². The first-order valence-corrected chi connectivity index (χ1v) is 11.8. The van der Waals surface area contributed by atoms with Crippen LogP contribution in [0.25, 0.3) is 0 Å². The van der Waals surface area contributed by atoms with Crippen molar-refractivity contribution in [1.29, 1.82) is 0 Å². The van der Waals surface area contributed by atoms with Gasteiger partial charge in [0.05, 0.1) is 18.4 Å². The molecule has 2 amide bonds. The lowest BCUT2D eigenvalue weighted by Gasteiger charge is -2.25. The Labute approximate surface area is 196 Å². The minimum atomic E-state index is -0.169. The quantitative estimate of drug-likeness (QED) is 0.508. The summed E-state index contributed by atoms with van der Waals surface area (Å²) in [5.41, 5.74) is 2.35. The fourth-order valence-corrected chi connectivity index (χ4v) is 4.49. The standard InChI is InChI=1S/C23H26N6O3S/c1-3-32-19-12-8-16(9-13-19)20-5-4-14-29(20)22(31)17-6-10-18(11-7-17)24-21(30)15-33-23-25-26-27-28(23)2/h6-13,20H,3-5,14-15H2,1-2H3,(H,24,30)/t20-/m1/s1. The second kappa shape index (κ2) is 10.5. The van der Waals surface area contributed by atoms with Crippen molar-refractivity contribution in [2.24, 2.45) is 7.05 Å². The predicted molar refractivity (Wildman–Crippen MR) is 125 cm³/mol. The van der Waals surface area contributed by atoms with Crippen molar-refractivity contribution in [3.63, 3.8) is 0 Å². The molecular weight excluding hydrogens is 440 g/mol. The number of thioether (sulfide) groups is 1. The van der Waals surface area contributed by atoms with E-state index in [-0.39, 0.29) is 23.6 Å². The Hall–Kier alpha value is -3.40. The molecular formula is C23H26N6O3S. The van der Waals surface area contributed by atoms with Crippen LogP contribution in [0.5, 0.6) is 5.75 Å². The van der Waals surface area contributed by atoms with Gasteiger partial charge < -0.3 is 15.0 Å². The van der Waals surface area contributed by atoms with E-state index in [1.165, 1.54) is 16.4 Å². The molecule has 2 heterocycles. The molecule has 1 aliphatic heterocycles. The topological polar surface area (TPSA) is 102 Å². The number of anilines is 1. The van der Waals surface area contributed by atoms with E-state index >= 15 is 0 Å². The van der Waals surface area contributed by atoms with Crippen molar-refractivity contribution >= 4 is 29.3 Å². The molecule has 0 saturated carbocycles. The van der Waals surface area contributed by atoms with E-state index in [1.807, 2.05) is 36.1 Å². The van der Waals surface area contributed by atoms with Gasteiger partial charge in [-0.2, -0.15) is 0 Å². The number of carbonyl (C=O) groups excluding carboxylic acids is 2. The first-order chi connectivity index (χ1) is 16.0. The number of rotatable bonds is 8. The average molecular weight is 467 g/mol. The highest BCUT2D eigenvalue weighted by atomic mass is 32.2. The van der Waals surface area contributed by atoms with Crippen LogP contribution in [-0.4, -0.2) is 55.8 Å². The number of tetrazole rings is 1. The molecule has 1 N–H and O–H groups in total. The summed E-state index contributed by atoms with van der Waals surface area (Å²) in [5, 5.41) is 14.5. The lowest BCUT2D eigenvalue weighted by atomic mass is 10.0. The number of amides is 2. The van der Waals surface area contributed by atoms with Gasteiger partial charge in [0.15, 0.2) is 0 Å². The number of carbonyl (C=O) groups is 2. The molecule has 0 bridgehead atoms. The molecule has 0 radical (unpaired) electrons. The number of hydrogen-bond donors (Lipinski definition) is 1. The first-order valence-electron chi connectivity index (χ1n) is 10.8. The van der Waals surface area contributed by atoms with Crippen LogP contribution in [0.4, 0.5) is 5.69 Å². The van der Waals surface area contributed by atoms with Gasteiger partial charge in [0, 0.05) is 24.8 Å². The summed E-state index contributed by atoms with van der Waals surface area (Å²) < 4.78 is 7.03. The third-order valence-corrected chi connectivity index (χ3v) is 6.43. The summed E-state index contributed by atoms with van der Waals surface area (Å²) in [6.45, 7) is 3.31. The van der Waals surface area contributed by atoms with Gasteiger partial charge in [0.1, 0.15) is 5.75 Å². The Balaban J connectivity index is 1.36. The van der Waals surface area contributed by atoms with E-state index in [1.54, 1.807) is 31.3 Å². The van der Waals surface area contributed by atoms with E-state index in [2.05, 4.69) is 20.8 Å². The molecule has 1 aliphatic rings. The Morgan fingerprint density at radius 1 is 1.15 bits per heavy atom. The maximum absolute atomic E-state index is 13.2. The lowest BCUT2D eigenvalue weighted by molar-refractivity contribution is -0.113. The summed E-state index contributed by atoms with van der Waals surface area (Å²) in [6, 6.07) is 15.1. The fourth-order valence-electron chi connectivity index (χ4n) is 3.84. The molecule has 172 valence electrons. The Morgan fingerprint density at radius 3 is 2.58 bits per heavy atom. The smallest absolute Gasteiger partial charge is 0.254 e. The summed E-state index contributed by atoms with van der Waals surface area (Å²) >= 11 is 1.25. The largest absolute Gasteiger partial charge is 0.494 e. The maximum Gasteiger partial charge on any atom is 0.254 e. The van der Waals surface area contributed by atoms with Crippen LogP contribution >= 0.6 is 11.8 Å². The van der Waals surface area contributed by atoms with Crippen LogP contribution in [0.15, 0.2) is 53.7 Å². The van der Waals surface area contributed by atoms with Crippen LogP contribution in [0.3, 0.4) is 0 Å². The molecule has 33 heavy (non-hydrogen) atoms. The molecule has 0 aliphatic carbocycles. The van der Waals surface area contributed by atoms with Crippen molar-refractivity contribution < 1.29 is 14.3 Å². The van der Waals surface area contributed by atoms with Gasteiger partial charge in [0.2, 0.25) is 11.1 Å². The van der Waals surface area contributed by atoms with Gasteiger partial charge >= 0.3 is 0 Å². The number of hydrogen-bond acceptors (Lipinski definition) is 7. The van der Waals surface area contributed by atoms with Crippen molar-refractivity contribution in [2.75, 3.05) is 24.2 Å². The van der Waals surface area contributed by atoms with Gasteiger partial charge in [-0.15, -0.1) is 5.10 Å². The second-order valence-corrected chi connectivity index (χ2v) is 8.60. The molecule has 0 unspecified atom stereocenters. The highest BCUT2D eigenvalue weighted by Crippen LogP contribution is 2.34. The maximum atomic E-state index is 13.2. The first kappa shape index (κ1) is 22.8. The number of benzene rings is 2. The molecule has 9 nitrogen and oxygen atoms in total. The van der Waals surface area contributed by atoms with Crippen molar-refractivity contribution in [1.82, 2.24) is 25.1 Å². The summed E-state index contributed by atoms with van der Waals surface area (Å²) in [7, 11) is 1.72. The SMILES string of the molecule is CCOc1ccc([C@H]2CCCN2C(=O)c2ccc(NC(=O)CSc3nnnn3C)cc2)cc1. The zero-order valence-electron chi connectivity index (χ0n) is 18.6. The minimum Gasteiger partial charge on any atom is -0.494 e. The molecule has 0 spiro atoms. The van der Waals surface area contributed by atoms with Gasteiger partial charge in [-0.05, 0) is 72.2 Å². The third-order valence-electron chi connectivity index (χ3n) is 5.42. The van der Waals surface area contributed by atoms with Crippen molar-refractivity contribution in [3.8, 4) is 5.75 Å². The summed E-state index contributed by atoms with van der Waals surface area (Å²) in [6.07, 6.45) is 1.91. The van der Waals surface area contributed by atoms with Gasteiger partial charge in [-0.1, -0.05) is 23.9 Å². The molecule has 1 fully saturated rings. The minimum absolute atomic E-state index is 0.00500. The Kier molecular flexibility index (Phi) is 7.23. The van der Waals surface area contributed by atoms with Crippen LogP contribution in [0.2, 0.25) is 0 Å². The molecule has 3 aromatic rings. The zero-order chi connectivity index (χ0) is 23.2. The van der Waals surface area contributed by atoms with Crippen LogP contribution in [-0.2, 0) is 11.8 Å². The van der Waals surface area contributed by atoms with Gasteiger partial charge in [-0.3, -0.25) is 9.59 Å². The second-order valence-electron chi connectivity index (χ2n) is 7.66. The highest BCUT2D eigenvalue weighted by Gasteiger charge is 2.30. The van der Waals surface area contributed by atoms with E-state index in [9.17, 15) is 9.59 Å². The predicted octanol–water partition coefficient (Wildman–Crippen LogP) is 3.32. The summed E-state index contributed by atoms with van der Waals surface area (Å²) in [5.74, 6) is 0.847. The number of ether oxygens (including phenoxy) is 1. The molecule has 10 heteroatoms. The Bertz CT molecular complexity index is 1100. The average Bonchev–Trinajstić information content (AvgIpc) is 3.47. The van der Waals surface area contributed by atoms with E-state index in [4.69, 9.17) is 4.74 Å². The van der Waals surface area contributed by atoms with Gasteiger partial charge in [0.25, 0.3) is 5.91 Å². The zero-order valence-corrected chi connectivity index (χ0v) is 19.4. The summed E-state index contributed by atoms with van der Waals surface area (Å²) in [4.78, 5) is 27.3. The molecule has 2 aromatic carbocycles. The number of aromatic nitrogens is 4. The molecule has 1 saturated heterocycles. The molecule has 4 rings (SSSR count). The number of nitrogens with one attached hydrogen (secondary N) is 1. The molecule has 1 aromatic heterocycles.